The van der Waals surface area contributed by atoms with Crippen LogP contribution in [0.4, 0.5) is 11.4 Å². The molecule has 0 aliphatic carbocycles. The molecule has 36 heavy (non-hydrogen) atoms. The molecule has 0 spiro atoms. The van der Waals surface area contributed by atoms with Crippen LogP contribution in [-0.4, -0.2) is 37.6 Å². The van der Waals surface area contributed by atoms with Crippen molar-refractivity contribution >= 4 is 34.9 Å². The summed E-state index contributed by atoms with van der Waals surface area (Å²) in [5, 5.41) is 14.3. The number of esters is 1. The number of benzene rings is 3. The van der Waals surface area contributed by atoms with Crippen LogP contribution in [0.3, 0.4) is 0 Å². The number of nitro benzene ring substituents is 1. The van der Waals surface area contributed by atoms with Crippen LogP contribution in [0.25, 0.3) is 0 Å². The van der Waals surface area contributed by atoms with Crippen molar-refractivity contribution in [3.05, 3.63) is 86.4 Å². The van der Waals surface area contributed by atoms with E-state index in [0.29, 0.717) is 27.8 Å². The van der Waals surface area contributed by atoms with Crippen molar-refractivity contribution in [1.29, 1.82) is 0 Å². The Bertz CT molecular complexity index is 1280. The number of nitrogens with one attached hydrogen (secondary N) is 1. The molecule has 11 heteroatoms. The molecule has 188 valence electrons. The van der Waals surface area contributed by atoms with Gasteiger partial charge in [-0.1, -0.05) is 23.7 Å². The second-order valence-electron chi connectivity index (χ2n) is 7.50. The van der Waals surface area contributed by atoms with E-state index in [1.165, 1.54) is 38.5 Å². The number of carbonyl (C=O) groups excluding carboxylic acids is 2. The number of hydrogen-bond acceptors (Lipinski definition) is 8. The summed E-state index contributed by atoms with van der Waals surface area (Å²) >= 11 is 5.89. The topological polar surface area (TPSA) is 126 Å². The quantitative estimate of drug-likeness (QED) is 0.229. The van der Waals surface area contributed by atoms with Crippen molar-refractivity contribution in [2.75, 3.05) is 26.1 Å². The molecule has 10 nitrogen and oxygen atoms in total. The summed E-state index contributed by atoms with van der Waals surface area (Å²) in [6.45, 7) is 1.29. The van der Waals surface area contributed by atoms with E-state index in [-0.39, 0.29) is 23.6 Å². The number of nitro groups is 1. The van der Waals surface area contributed by atoms with Crippen molar-refractivity contribution in [3.8, 4) is 17.2 Å². The molecule has 0 fully saturated rings. The fourth-order valence-electron chi connectivity index (χ4n) is 3.17. The lowest BCUT2D eigenvalue weighted by Crippen LogP contribution is -2.21. The van der Waals surface area contributed by atoms with Crippen molar-refractivity contribution < 1.29 is 33.5 Å². The summed E-state index contributed by atoms with van der Waals surface area (Å²) in [7, 11) is 2.72. The van der Waals surface area contributed by atoms with E-state index in [1.54, 1.807) is 25.1 Å². The molecule has 0 aromatic heterocycles. The van der Waals surface area contributed by atoms with Gasteiger partial charge in [0.05, 0.1) is 24.7 Å². The van der Waals surface area contributed by atoms with Crippen LogP contribution in [0.15, 0.2) is 54.6 Å². The number of rotatable bonds is 10. The van der Waals surface area contributed by atoms with E-state index >= 15 is 0 Å². The van der Waals surface area contributed by atoms with Crippen LogP contribution in [0.2, 0.25) is 5.02 Å². The standard InChI is InChI=1S/C25H23ClN2O8/c1-15-10-20(28(31)32)22(33-2)12-19(15)27-24(29)14-36-25(30)17-6-9-21(23(11-17)34-3)35-13-16-4-7-18(26)8-5-16/h4-12H,13-14H2,1-3H3,(H,27,29). The molecule has 0 atom stereocenters. The predicted octanol–water partition coefficient (Wildman–Crippen LogP) is 4.95. The van der Waals surface area contributed by atoms with Crippen molar-refractivity contribution in [1.82, 2.24) is 0 Å². The highest BCUT2D eigenvalue weighted by atomic mass is 35.5. The number of carbonyl (C=O) groups is 2. The third-order valence-electron chi connectivity index (χ3n) is 5.04. The molecule has 3 aromatic rings. The molecule has 0 aliphatic heterocycles. The monoisotopic (exact) mass is 514 g/mol. The van der Waals surface area contributed by atoms with Gasteiger partial charge in [0.25, 0.3) is 5.91 Å². The summed E-state index contributed by atoms with van der Waals surface area (Å²) < 4.78 is 21.2. The van der Waals surface area contributed by atoms with Gasteiger partial charge in [0.2, 0.25) is 0 Å². The van der Waals surface area contributed by atoms with E-state index < -0.39 is 23.4 Å². The number of nitrogens with zero attached hydrogens (tertiary/aromatic N) is 1. The van der Waals surface area contributed by atoms with Crippen molar-refractivity contribution in [2.24, 2.45) is 0 Å². The minimum Gasteiger partial charge on any atom is -0.493 e. The van der Waals surface area contributed by atoms with Gasteiger partial charge in [0, 0.05) is 22.8 Å². The third-order valence-corrected chi connectivity index (χ3v) is 5.29. The second kappa shape index (κ2) is 11.9. The summed E-state index contributed by atoms with van der Waals surface area (Å²) in [5.41, 5.74) is 1.57. The Morgan fingerprint density at radius 1 is 0.972 bits per heavy atom. The average molecular weight is 515 g/mol. The fourth-order valence-corrected chi connectivity index (χ4v) is 3.30. The Morgan fingerprint density at radius 3 is 2.31 bits per heavy atom. The van der Waals surface area contributed by atoms with Gasteiger partial charge >= 0.3 is 11.7 Å². The maximum atomic E-state index is 12.5. The molecule has 0 bridgehead atoms. The normalized spacial score (nSPS) is 10.3. The summed E-state index contributed by atoms with van der Waals surface area (Å²) in [6.07, 6.45) is 0. The molecule has 1 N–H and O–H groups in total. The number of anilines is 1. The zero-order valence-corrected chi connectivity index (χ0v) is 20.5. The van der Waals surface area contributed by atoms with Crippen molar-refractivity contribution in [2.45, 2.75) is 13.5 Å². The second-order valence-corrected chi connectivity index (χ2v) is 7.94. The van der Waals surface area contributed by atoms with Gasteiger partial charge in [-0.05, 0) is 48.4 Å². The molecular weight excluding hydrogens is 492 g/mol. The SMILES string of the molecule is COc1cc(C(=O)OCC(=O)Nc2cc(OC)c([N+](=O)[O-])cc2C)ccc1OCc1ccc(Cl)cc1. The van der Waals surface area contributed by atoms with E-state index in [0.717, 1.165) is 5.56 Å². The highest BCUT2D eigenvalue weighted by Crippen LogP contribution is 2.33. The highest BCUT2D eigenvalue weighted by molar-refractivity contribution is 6.30. The number of amides is 1. The Balaban J connectivity index is 1.60. The maximum Gasteiger partial charge on any atom is 0.338 e. The number of halogens is 1. The first-order valence-electron chi connectivity index (χ1n) is 10.6. The summed E-state index contributed by atoms with van der Waals surface area (Å²) in [5.74, 6) is -0.646. The van der Waals surface area contributed by atoms with E-state index in [1.807, 2.05) is 12.1 Å². The lowest BCUT2D eigenvalue weighted by Gasteiger charge is -2.13. The van der Waals surface area contributed by atoms with Crippen LogP contribution in [0.5, 0.6) is 17.2 Å². The van der Waals surface area contributed by atoms with Gasteiger partial charge in [0.1, 0.15) is 6.61 Å². The maximum absolute atomic E-state index is 12.5. The van der Waals surface area contributed by atoms with Crippen LogP contribution in [0.1, 0.15) is 21.5 Å². The minimum atomic E-state index is -0.745. The van der Waals surface area contributed by atoms with Gasteiger partial charge in [-0.3, -0.25) is 14.9 Å². The van der Waals surface area contributed by atoms with Crippen LogP contribution in [-0.2, 0) is 16.1 Å². The van der Waals surface area contributed by atoms with Gasteiger partial charge in [0.15, 0.2) is 23.9 Å². The molecule has 0 unspecified atom stereocenters. The minimum absolute atomic E-state index is 0.0108. The predicted molar refractivity (Wildman–Crippen MR) is 132 cm³/mol. The molecule has 0 aliphatic rings. The Hall–Kier alpha value is -4.31. The van der Waals surface area contributed by atoms with Crippen LogP contribution >= 0.6 is 11.6 Å². The number of ether oxygens (including phenoxy) is 4. The molecule has 0 radical (unpaired) electrons. The van der Waals surface area contributed by atoms with E-state index in [9.17, 15) is 19.7 Å². The summed E-state index contributed by atoms with van der Waals surface area (Å²) in [4.78, 5) is 35.3. The van der Waals surface area contributed by atoms with E-state index in [4.69, 9.17) is 30.5 Å². The lowest BCUT2D eigenvalue weighted by atomic mass is 10.1. The molecule has 1 amide bonds. The Labute approximate surface area is 211 Å². The van der Waals surface area contributed by atoms with Crippen molar-refractivity contribution in [3.63, 3.8) is 0 Å². The molecule has 0 heterocycles. The Kier molecular flexibility index (Phi) is 8.69. The fraction of sp³-hybridized carbons (Fsp3) is 0.200. The van der Waals surface area contributed by atoms with Crippen LogP contribution in [0, 0.1) is 17.0 Å². The highest BCUT2D eigenvalue weighted by Gasteiger charge is 2.19. The number of aryl methyl sites for hydroxylation is 1. The average Bonchev–Trinajstić information content (AvgIpc) is 2.87. The Morgan fingerprint density at radius 2 is 1.67 bits per heavy atom. The first-order valence-corrected chi connectivity index (χ1v) is 10.9. The smallest absolute Gasteiger partial charge is 0.338 e. The number of methoxy groups -OCH3 is 2. The molecule has 3 rings (SSSR count). The van der Waals surface area contributed by atoms with Gasteiger partial charge in [-0.2, -0.15) is 0 Å². The van der Waals surface area contributed by atoms with Crippen LogP contribution < -0.4 is 19.5 Å². The molecule has 0 saturated carbocycles. The van der Waals surface area contributed by atoms with Gasteiger partial charge < -0.3 is 24.3 Å². The largest absolute Gasteiger partial charge is 0.493 e. The first kappa shape index (κ1) is 26.3. The lowest BCUT2D eigenvalue weighted by molar-refractivity contribution is -0.385. The van der Waals surface area contributed by atoms with Gasteiger partial charge in [-0.25, -0.2) is 4.79 Å². The summed E-state index contributed by atoms with van der Waals surface area (Å²) in [6, 6.07) is 14.3. The van der Waals surface area contributed by atoms with E-state index in [2.05, 4.69) is 5.32 Å². The number of hydrogen-bond donors (Lipinski definition) is 1. The zero-order chi connectivity index (χ0) is 26.2. The first-order chi connectivity index (χ1) is 17.2. The van der Waals surface area contributed by atoms with Gasteiger partial charge in [-0.15, -0.1) is 0 Å². The molecular formula is C25H23ClN2O8. The molecule has 0 saturated heterocycles. The zero-order valence-electron chi connectivity index (χ0n) is 19.7. The molecule has 3 aromatic carbocycles. The third kappa shape index (κ3) is 6.63.